The minimum atomic E-state index is 0.454. The molecule has 0 saturated carbocycles. The standard InChI is InChI=1S/C5H12N2S/c1-4(2)5(3-6)8-7/h3-4H,6-7H2,1-2H3/b5-3-. The Morgan fingerprint density at radius 3 is 2.12 bits per heavy atom. The third-order valence-electron chi connectivity index (χ3n) is 0.869. The number of rotatable bonds is 2. The van der Waals surface area contributed by atoms with E-state index in [1.54, 1.807) is 6.20 Å². The molecule has 0 radical (unpaired) electrons. The molecule has 48 valence electrons. The van der Waals surface area contributed by atoms with Gasteiger partial charge in [0.2, 0.25) is 0 Å². The molecule has 0 aromatic carbocycles. The molecule has 4 N–H and O–H groups in total. The maximum atomic E-state index is 5.25. The summed E-state index contributed by atoms with van der Waals surface area (Å²) in [6.45, 7) is 4.11. The zero-order valence-corrected chi connectivity index (χ0v) is 6.03. The van der Waals surface area contributed by atoms with E-state index in [1.165, 1.54) is 11.9 Å². The van der Waals surface area contributed by atoms with E-state index in [0.717, 1.165) is 4.91 Å². The van der Waals surface area contributed by atoms with E-state index in [9.17, 15) is 0 Å². The van der Waals surface area contributed by atoms with Crippen LogP contribution in [0.3, 0.4) is 0 Å². The minimum Gasteiger partial charge on any atom is -0.404 e. The summed E-state index contributed by atoms with van der Waals surface area (Å²) < 4.78 is 0. The zero-order valence-electron chi connectivity index (χ0n) is 5.22. The second-order valence-electron chi connectivity index (χ2n) is 1.84. The molecule has 0 aliphatic carbocycles. The highest BCUT2D eigenvalue weighted by Gasteiger charge is 1.98. The lowest BCUT2D eigenvalue weighted by molar-refractivity contribution is 0.814. The second-order valence-corrected chi connectivity index (χ2v) is 2.55. The van der Waals surface area contributed by atoms with E-state index >= 15 is 0 Å². The SMILES string of the molecule is CC(C)/C(=C/N)SN. The Kier molecular flexibility index (Phi) is 3.73. The van der Waals surface area contributed by atoms with E-state index in [4.69, 9.17) is 10.9 Å². The van der Waals surface area contributed by atoms with Crippen molar-refractivity contribution in [2.24, 2.45) is 16.8 Å². The van der Waals surface area contributed by atoms with Crippen LogP contribution in [0.1, 0.15) is 13.8 Å². The molecule has 0 bridgehead atoms. The number of nitrogens with two attached hydrogens (primary N) is 2. The molecule has 0 amide bonds. The van der Waals surface area contributed by atoms with Gasteiger partial charge in [0.05, 0.1) is 0 Å². The van der Waals surface area contributed by atoms with E-state index in [0.29, 0.717) is 5.92 Å². The van der Waals surface area contributed by atoms with Crippen LogP contribution in [0.4, 0.5) is 0 Å². The van der Waals surface area contributed by atoms with Gasteiger partial charge in [0.25, 0.3) is 0 Å². The molecule has 0 spiro atoms. The molecular weight excluding hydrogens is 120 g/mol. The fourth-order valence-electron chi connectivity index (χ4n) is 0.368. The first-order valence-electron chi connectivity index (χ1n) is 2.51. The lowest BCUT2D eigenvalue weighted by atomic mass is 10.2. The summed E-state index contributed by atoms with van der Waals surface area (Å²) in [6.07, 6.45) is 1.55. The smallest absolute Gasteiger partial charge is 0.0181 e. The van der Waals surface area contributed by atoms with E-state index < -0.39 is 0 Å². The Bertz CT molecular complexity index is 88.4. The van der Waals surface area contributed by atoms with Crippen LogP contribution in [0, 0.1) is 5.92 Å². The average molecular weight is 132 g/mol. The monoisotopic (exact) mass is 132 g/mol. The predicted molar refractivity (Wildman–Crippen MR) is 38.9 cm³/mol. The molecule has 3 heteroatoms. The zero-order chi connectivity index (χ0) is 6.57. The highest BCUT2D eigenvalue weighted by molar-refractivity contribution is 8.00. The molecule has 2 nitrogen and oxygen atoms in total. The van der Waals surface area contributed by atoms with Crippen molar-refractivity contribution in [3.63, 3.8) is 0 Å². The lowest BCUT2D eigenvalue weighted by Crippen LogP contribution is -1.96. The van der Waals surface area contributed by atoms with Crippen LogP contribution in [0.5, 0.6) is 0 Å². The fourth-order valence-corrected chi connectivity index (χ4v) is 0.719. The van der Waals surface area contributed by atoms with Crippen molar-refractivity contribution < 1.29 is 0 Å². The second kappa shape index (κ2) is 3.80. The van der Waals surface area contributed by atoms with Crippen LogP contribution in [0.15, 0.2) is 11.1 Å². The minimum absolute atomic E-state index is 0.454. The molecule has 0 atom stereocenters. The van der Waals surface area contributed by atoms with Gasteiger partial charge in [-0.2, -0.15) is 0 Å². The van der Waals surface area contributed by atoms with Gasteiger partial charge in [-0.3, -0.25) is 5.14 Å². The van der Waals surface area contributed by atoms with Crippen LogP contribution in [0.2, 0.25) is 0 Å². The van der Waals surface area contributed by atoms with Crippen LogP contribution >= 0.6 is 11.9 Å². The molecule has 0 rings (SSSR count). The normalized spacial score (nSPS) is 12.8. The van der Waals surface area contributed by atoms with E-state index in [-0.39, 0.29) is 0 Å². The van der Waals surface area contributed by atoms with E-state index in [1.807, 2.05) is 0 Å². The Hall–Kier alpha value is -0.150. The van der Waals surface area contributed by atoms with Gasteiger partial charge >= 0.3 is 0 Å². The molecule has 0 aliphatic rings. The molecule has 0 heterocycles. The topological polar surface area (TPSA) is 52.0 Å². The van der Waals surface area contributed by atoms with Gasteiger partial charge in [-0.15, -0.1) is 0 Å². The van der Waals surface area contributed by atoms with Gasteiger partial charge in [0.1, 0.15) is 0 Å². The molecule has 0 saturated heterocycles. The van der Waals surface area contributed by atoms with Crippen molar-refractivity contribution in [3.05, 3.63) is 11.1 Å². The lowest BCUT2D eigenvalue weighted by Gasteiger charge is -2.03. The summed E-state index contributed by atoms with van der Waals surface area (Å²) in [4.78, 5) is 1.03. The first-order valence-corrected chi connectivity index (χ1v) is 3.38. The van der Waals surface area contributed by atoms with Gasteiger partial charge < -0.3 is 5.73 Å². The van der Waals surface area contributed by atoms with Crippen LogP contribution in [-0.4, -0.2) is 0 Å². The maximum absolute atomic E-state index is 5.25. The largest absolute Gasteiger partial charge is 0.404 e. The van der Waals surface area contributed by atoms with Crippen molar-refractivity contribution in [2.45, 2.75) is 13.8 Å². The molecular formula is C5H12N2S. The maximum Gasteiger partial charge on any atom is 0.0181 e. The highest BCUT2D eigenvalue weighted by Crippen LogP contribution is 2.16. The third kappa shape index (κ3) is 2.23. The molecule has 0 aliphatic heterocycles. The summed E-state index contributed by atoms with van der Waals surface area (Å²) in [7, 11) is 0. The van der Waals surface area contributed by atoms with Crippen LogP contribution in [0.25, 0.3) is 0 Å². The molecule has 8 heavy (non-hydrogen) atoms. The Morgan fingerprint density at radius 1 is 1.62 bits per heavy atom. The Morgan fingerprint density at radius 2 is 2.12 bits per heavy atom. The van der Waals surface area contributed by atoms with Crippen LogP contribution in [-0.2, 0) is 0 Å². The quantitative estimate of drug-likeness (QED) is 0.552. The van der Waals surface area contributed by atoms with Crippen molar-refractivity contribution in [3.8, 4) is 0 Å². The van der Waals surface area contributed by atoms with Crippen molar-refractivity contribution in [1.82, 2.24) is 0 Å². The average Bonchev–Trinajstić information content (AvgIpc) is 1.69. The van der Waals surface area contributed by atoms with Crippen molar-refractivity contribution in [1.29, 1.82) is 0 Å². The summed E-state index contributed by atoms with van der Waals surface area (Å²) in [5.74, 6) is 0.454. The summed E-state index contributed by atoms with van der Waals surface area (Å²) in [5, 5.41) is 5.25. The Labute approximate surface area is 54.4 Å². The van der Waals surface area contributed by atoms with Gasteiger partial charge in [-0.1, -0.05) is 25.8 Å². The van der Waals surface area contributed by atoms with Gasteiger partial charge in [-0.25, -0.2) is 0 Å². The number of hydrogen-bond acceptors (Lipinski definition) is 3. The molecule has 0 fully saturated rings. The van der Waals surface area contributed by atoms with Crippen molar-refractivity contribution >= 4 is 11.9 Å². The highest BCUT2D eigenvalue weighted by atomic mass is 32.2. The number of allylic oxidation sites excluding steroid dienone is 1. The summed E-state index contributed by atoms with van der Waals surface area (Å²) in [6, 6.07) is 0. The fraction of sp³-hybridized carbons (Fsp3) is 0.600. The van der Waals surface area contributed by atoms with Crippen LogP contribution < -0.4 is 10.9 Å². The van der Waals surface area contributed by atoms with Crippen molar-refractivity contribution in [2.75, 3.05) is 0 Å². The van der Waals surface area contributed by atoms with E-state index in [2.05, 4.69) is 13.8 Å². The predicted octanol–water partition coefficient (Wildman–Crippen LogP) is 1.05. The van der Waals surface area contributed by atoms with Gasteiger partial charge in [0.15, 0.2) is 0 Å². The summed E-state index contributed by atoms with van der Waals surface area (Å²) in [5.41, 5.74) is 5.22. The first kappa shape index (κ1) is 7.85. The summed E-state index contributed by atoms with van der Waals surface area (Å²) >= 11 is 1.21. The van der Waals surface area contributed by atoms with Gasteiger partial charge in [-0.05, 0) is 5.92 Å². The molecule has 0 unspecified atom stereocenters. The third-order valence-corrected chi connectivity index (χ3v) is 1.75. The van der Waals surface area contributed by atoms with Gasteiger partial charge in [0, 0.05) is 11.1 Å². The Balaban J connectivity index is 3.72. The molecule has 0 aromatic heterocycles. The first-order chi connectivity index (χ1) is 3.72. The molecule has 0 aromatic rings. The number of hydrogen-bond donors (Lipinski definition) is 2.